The number of guanidine groups is 1. The lowest BCUT2D eigenvalue weighted by Crippen LogP contribution is -2.33. The van der Waals surface area contributed by atoms with Crippen LogP contribution < -0.4 is 20.5 Å². The highest BCUT2D eigenvalue weighted by Crippen LogP contribution is 2.27. The van der Waals surface area contributed by atoms with Gasteiger partial charge in [-0.05, 0) is 46.5 Å². The quantitative estimate of drug-likeness (QED) is 0.389. The van der Waals surface area contributed by atoms with Crippen LogP contribution in [0.3, 0.4) is 0 Å². The van der Waals surface area contributed by atoms with Gasteiger partial charge in [-0.25, -0.2) is 4.99 Å². The van der Waals surface area contributed by atoms with E-state index in [0.29, 0.717) is 19.0 Å². The number of hydrogen-bond donors (Lipinski definition) is 2. The molecule has 0 bridgehead atoms. The zero-order chi connectivity index (χ0) is 15.8. The molecule has 126 valence electrons. The molecular weight excluding hydrogens is 425 g/mol. The lowest BCUT2D eigenvalue weighted by Gasteiger charge is -2.10. The number of thiophene rings is 1. The number of methoxy groups -OCH3 is 2. The number of benzene rings is 1. The summed E-state index contributed by atoms with van der Waals surface area (Å²) in [7, 11) is 3.26. The number of nitrogens with zero attached hydrogens (tertiary/aromatic N) is 1. The zero-order valence-corrected chi connectivity index (χ0v) is 16.4. The highest BCUT2D eigenvalue weighted by Gasteiger charge is 2.04. The largest absolute Gasteiger partial charge is 0.493 e. The zero-order valence-electron chi connectivity index (χ0n) is 13.2. The summed E-state index contributed by atoms with van der Waals surface area (Å²) in [5.41, 5.74) is 8.18. The highest BCUT2D eigenvalue weighted by molar-refractivity contribution is 14.0. The summed E-state index contributed by atoms with van der Waals surface area (Å²) in [5, 5.41) is 7.22. The molecule has 1 aromatic heterocycles. The first-order valence-corrected chi connectivity index (χ1v) is 7.93. The van der Waals surface area contributed by atoms with Crippen LogP contribution in [0.15, 0.2) is 40.0 Å². The lowest BCUT2D eigenvalue weighted by atomic mass is 10.1. The monoisotopic (exact) mass is 447 g/mol. The van der Waals surface area contributed by atoms with Crippen LogP contribution in [-0.4, -0.2) is 26.7 Å². The third kappa shape index (κ3) is 6.26. The molecule has 0 aliphatic heterocycles. The van der Waals surface area contributed by atoms with Gasteiger partial charge in [0.25, 0.3) is 0 Å². The fourth-order valence-electron chi connectivity index (χ4n) is 1.99. The molecule has 1 heterocycles. The van der Waals surface area contributed by atoms with Crippen molar-refractivity contribution in [2.45, 2.75) is 13.0 Å². The first-order chi connectivity index (χ1) is 10.7. The first kappa shape index (κ1) is 19.6. The van der Waals surface area contributed by atoms with Crippen LogP contribution in [0.2, 0.25) is 0 Å². The smallest absolute Gasteiger partial charge is 0.188 e. The number of rotatable bonds is 7. The second kappa shape index (κ2) is 10.3. The average molecular weight is 447 g/mol. The average Bonchev–Trinajstić information content (AvgIpc) is 3.06. The third-order valence-corrected chi connectivity index (χ3v) is 3.91. The van der Waals surface area contributed by atoms with Gasteiger partial charge in [0, 0.05) is 6.54 Å². The summed E-state index contributed by atoms with van der Waals surface area (Å²) in [4.78, 5) is 4.30. The maximum atomic E-state index is 5.85. The van der Waals surface area contributed by atoms with Crippen LogP contribution in [0, 0.1) is 0 Å². The Hall–Kier alpha value is -1.48. The molecule has 2 rings (SSSR count). The minimum atomic E-state index is 0. The van der Waals surface area contributed by atoms with Crippen LogP contribution in [0.5, 0.6) is 11.5 Å². The number of nitrogens with two attached hydrogens (primary N) is 1. The fourth-order valence-corrected chi connectivity index (χ4v) is 2.65. The maximum Gasteiger partial charge on any atom is 0.188 e. The standard InChI is InChI=1S/C16H21N3O2S.HI/c1-20-14-4-3-12(9-15(14)21-2)5-7-18-16(17)19-10-13-6-8-22-11-13;/h3-4,6,8-9,11H,5,7,10H2,1-2H3,(H3,17,18,19);1H. The molecule has 3 N–H and O–H groups in total. The Morgan fingerprint density at radius 3 is 2.61 bits per heavy atom. The van der Waals surface area contributed by atoms with E-state index in [9.17, 15) is 0 Å². The minimum absolute atomic E-state index is 0. The lowest BCUT2D eigenvalue weighted by molar-refractivity contribution is 0.354. The highest BCUT2D eigenvalue weighted by atomic mass is 127. The molecule has 0 radical (unpaired) electrons. The van der Waals surface area contributed by atoms with E-state index in [0.717, 1.165) is 23.5 Å². The molecule has 0 atom stereocenters. The summed E-state index contributed by atoms with van der Waals surface area (Å²) in [5.74, 6) is 1.93. The number of ether oxygens (including phenoxy) is 2. The van der Waals surface area contributed by atoms with Crippen molar-refractivity contribution >= 4 is 41.3 Å². The number of aliphatic imine (C=N–C) groups is 1. The molecule has 23 heavy (non-hydrogen) atoms. The van der Waals surface area contributed by atoms with Crippen molar-refractivity contribution in [1.82, 2.24) is 5.32 Å². The molecule has 0 fully saturated rings. The van der Waals surface area contributed by atoms with E-state index in [1.807, 2.05) is 29.6 Å². The Morgan fingerprint density at radius 2 is 1.96 bits per heavy atom. The predicted octanol–water partition coefficient (Wildman–Crippen LogP) is 3.03. The fraction of sp³-hybridized carbons (Fsp3) is 0.312. The Labute approximate surface area is 157 Å². The van der Waals surface area contributed by atoms with E-state index in [1.54, 1.807) is 25.6 Å². The van der Waals surface area contributed by atoms with Crippen LogP contribution >= 0.6 is 35.3 Å². The van der Waals surface area contributed by atoms with Gasteiger partial charge < -0.3 is 20.5 Å². The molecule has 2 aromatic rings. The molecule has 0 spiro atoms. The molecule has 0 saturated carbocycles. The van der Waals surface area contributed by atoms with E-state index < -0.39 is 0 Å². The number of halogens is 1. The van der Waals surface area contributed by atoms with Gasteiger partial charge in [-0.3, -0.25) is 0 Å². The molecule has 0 aliphatic carbocycles. The van der Waals surface area contributed by atoms with E-state index in [4.69, 9.17) is 15.2 Å². The van der Waals surface area contributed by atoms with E-state index in [2.05, 4.69) is 15.7 Å². The van der Waals surface area contributed by atoms with Crippen LogP contribution in [0.25, 0.3) is 0 Å². The molecular formula is C16H22IN3O2S. The van der Waals surface area contributed by atoms with Crippen molar-refractivity contribution in [2.75, 3.05) is 20.8 Å². The molecule has 1 aromatic carbocycles. The summed E-state index contributed by atoms with van der Waals surface area (Å²) in [6.07, 6.45) is 0.828. The van der Waals surface area contributed by atoms with Gasteiger partial charge in [0.1, 0.15) is 0 Å². The second-order valence-corrected chi connectivity index (χ2v) is 5.48. The van der Waals surface area contributed by atoms with Crippen LogP contribution in [0.1, 0.15) is 11.1 Å². The molecule has 0 unspecified atom stereocenters. The maximum absolute atomic E-state index is 5.85. The Balaban J connectivity index is 0.00000264. The normalized spacial score (nSPS) is 10.8. The molecule has 7 heteroatoms. The molecule has 0 saturated heterocycles. The van der Waals surface area contributed by atoms with Crippen LogP contribution in [-0.2, 0) is 13.0 Å². The predicted molar refractivity (Wildman–Crippen MR) is 106 cm³/mol. The van der Waals surface area contributed by atoms with Gasteiger partial charge in [-0.2, -0.15) is 11.3 Å². The number of nitrogens with one attached hydrogen (secondary N) is 1. The summed E-state index contributed by atoms with van der Waals surface area (Å²) >= 11 is 1.66. The third-order valence-electron chi connectivity index (χ3n) is 3.18. The van der Waals surface area contributed by atoms with E-state index >= 15 is 0 Å². The Bertz CT molecular complexity index is 618. The van der Waals surface area contributed by atoms with Gasteiger partial charge in [-0.15, -0.1) is 24.0 Å². The topological polar surface area (TPSA) is 68.9 Å². The van der Waals surface area contributed by atoms with E-state index in [1.165, 1.54) is 5.56 Å². The summed E-state index contributed by atoms with van der Waals surface area (Å²) in [6, 6.07) is 7.94. The number of hydrogen-bond acceptors (Lipinski definition) is 4. The minimum Gasteiger partial charge on any atom is -0.493 e. The van der Waals surface area contributed by atoms with Crippen molar-refractivity contribution in [3.8, 4) is 11.5 Å². The first-order valence-electron chi connectivity index (χ1n) is 6.98. The van der Waals surface area contributed by atoms with Crippen molar-refractivity contribution < 1.29 is 9.47 Å². The molecule has 5 nitrogen and oxygen atoms in total. The second-order valence-electron chi connectivity index (χ2n) is 4.70. The van der Waals surface area contributed by atoms with Gasteiger partial charge in [0.2, 0.25) is 0 Å². The summed E-state index contributed by atoms with van der Waals surface area (Å²) in [6.45, 7) is 1.33. The molecule has 0 aliphatic rings. The van der Waals surface area contributed by atoms with Crippen molar-refractivity contribution in [2.24, 2.45) is 10.7 Å². The Morgan fingerprint density at radius 1 is 1.17 bits per heavy atom. The van der Waals surface area contributed by atoms with Crippen molar-refractivity contribution in [3.05, 3.63) is 46.2 Å². The SMILES string of the molecule is COc1ccc(CCNC(N)=NCc2ccsc2)cc1OC.I. The van der Waals surface area contributed by atoms with Crippen molar-refractivity contribution in [1.29, 1.82) is 0 Å². The van der Waals surface area contributed by atoms with Gasteiger partial charge in [0.05, 0.1) is 20.8 Å². The Kier molecular flexibility index (Phi) is 8.78. The molecule has 0 amide bonds. The summed E-state index contributed by atoms with van der Waals surface area (Å²) < 4.78 is 10.5. The van der Waals surface area contributed by atoms with Gasteiger partial charge >= 0.3 is 0 Å². The van der Waals surface area contributed by atoms with Gasteiger partial charge in [0.15, 0.2) is 17.5 Å². The van der Waals surface area contributed by atoms with E-state index in [-0.39, 0.29) is 24.0 Å². The van der Waals surface area contributed by atoms with Crippen molar-refractivity contribution in [3.63, 3.8) is 0 Å². The van der Waals surface area contributed by atoms with Crippen LogP contribution in [0.4, 0.5) is 0 Å². The van der Waals surface area contributed by atoms with Gasteiger partial charge in [-0.1, -0.05) is 6.07 Å².